The predicted octanol–water partition coefficient (Wildman–Crippen LogP) is 4.18. The number of hydrogen-bond donors (Lipinski definition) is 1. The summed E-state index contributed by atoms with van der Waals surface area (Å²) in [6.45, 7) is 8.32. The number of hydrogen-bond acceptors (Lipinski definition) is 6. The summed E-state index contributed by atoms with van der Waals surface area (Å²) in [5.41, 5.74) is 1.09. The largest absolute Gasteiger partial charge is 0.483 e. The van der Waals surface area contributed by atoms with Crippen LogP contribution >= 0.6 is 23.1 Å². The van der Waals surface area contributed by atoms with E-state index in [-0.39, 0.29) is 12.5 Å². The van der Waals surface area contributed by atoms with E-state index in [1.165, 1.54) is 11.3 Å². The number of thioether (sulfide) groups is 1. The van der Waals surface area contributed by atoms with Gasteiger partial charge in [0.2, 0.25) is 5.13 Å². The molecule has 0 aliphatic rings. The highest BCUT2D eigenvalue weighted by atomic mass is 32.2. The number of aromatic nitrogens is 2. The molecule has 0 saturated carbocycles. The first-order chi connectivity index (χ1) is 11.0. The maximum Gasteiger partial charge on any atom is 0.264 e. The number of nitrogens with zero attached hydrogens (tertiary/aromatic N) is 2. The van der Waals surface area contributed by atoms with E-state index < -0.39 is 0 Å². The molecule has 1 amide bonds. The van der Waals surface area contributed by atoms with Gasteiger partial charge in [0.25, 0.3) is 5.91 Å². The Balaban J connectivity index is 1.89. The Morgan fingerprint density at radius 1 is 1.26 bits per heavy atom. The highest BCUT2D eigenvalue weighted by Crippen LogP contribution is 2.28. The van der Waals surface area contributed by atoms with Crippen LogP contribution in [0.2, 0.25) is 0 Å². The van der Waals surface area contributed by atoms with Crippen molar-refractivity contribution in [1.29, 1.82) is 0 Å². The van der Waals surface area contributed by atoms with Crippen LogP contribution in [-0.2, 0) is 4.79 Å². The fraction of sp³-hybridized carbons (Fsp3) is 0.438. The number of carbonyl (C=O) groups excluding carboxylic acids is 1. The van der Waals surface area contributed by atoms with Crippen molar-refractivity contribution in [3.05, 3.63) is 29.8 Å². The predicted molar refractivity (Wildman–Crippen MR) is 95.6 cm³/mol. The van der Waals surface area contributed by atoms with Gasteiger partial charge in [0.15, 0.2) is 10.9 Å². The lowest BCUT2D eigenvalue weighted by molar-refractivity contribution is -0.118. The van der Waals surface area contributed by atoms with Crippen LogP contribution in [0.3, 0.4) is 0 Å². The van der Waals surface area contributed by atoms with E-state index in [0.717, 1.165) is 15.7 Å². The molecule has 0 radical (unpaired) electrons. The SMILES string of the molecule is CC(C)Sc1nnc(NC(=O)COc2ccccc2C(C)C)s1. The molecule has 124 valence electrons. The van der Waals surface area contributed by atoms with E-state index in [0.29, 0.717) is 16.3 Å². The molecule has 0 unspecified atom stereocenters. The standard InChI is InChI=1S/C16H21N3O2S2/c1-10(2)12-7-5-6-8-13(12)21-9-14(20)17-15-18-19-16(23-15)22-11(3)4/h5-8,10-11H,9H2,1-4H3,(H,17,18,20). The maximum atomic E-state index is 12.0. The van der Waals surface area contributed by atoms with Crippen molar-refractivity contribution in [2.24, 2.45) is 0 Å². The van der Waals surface area contributed by atoms with E-state index in [4.69, 9.17) is 4.74 Å². The molecular weight excluding hydrogens is 330 g/mol. The zero-order chi connectivity index (χ0) is 16.8. The van der Waals surface area contributed by atoms with E-state index in [1.54, 1.807) is 11.8 Å². The molecule has 5 nitrogen and oxygen atoms in total. The Morgan fingerprint density at radius 3 is 2.70 bits per heavy atom. The second-order valence-corrected chi connectivity index (χ2v) is 8.37. The van der Waals surface area contributed by atoms with Crippen molar-refractivity contribution in [1.82, 2.24) is 10.2 Å². The number of amides is 1. The first-order valence-corrected chi connectivity index (χ1v) is 9.17. The molecule has 2 rings (SSSR count). The van der Waals surface area contributed by atoms with Gasteiger partial charge in [0.1, 0.15) is 5.75 Å². The molecule has 1 heterocycles. The first-order valence-electron chi connectivity index (χ1n) is 7.47. The summed E-state index contributed by atoms with van der Waals surface area (Å²) in [6.07, 6.45) is 0. The smallest absolute Gasteiger partial charge is 0.264 e. The lowest BCUT2D eigenvalue weighted by Crippen LogP contribution is -2.20. The quantitative estimate of drug-likeness (QED) is 0.599. The number of carbonyl (C=O) groups is 1. The molecule has 0 aliphatic carbocycles. The van der Waals surface area contributed by atoms with Crippen LogP contribution in [0.15, 0.2) is 28.6 Å². The molecular formula is C16H21N3O2S2. The summed E-state index contributed by atoms with van der Waals surface area (Å²) in [5.74, 6) is 0.847. The fourth-order valence-corrected chi connectivity index (χ4v) is 3.89. The molecule has 1 N–H and O–H groups in total. The van der Waals surface area contributed by atoms with Crippen molar-refractivity contribution in [2.45, 2.75) is 43.2 Å². The van der Waals surface area contributed by atoms with Crippen molar-refractivity contribution >= 4 is 34.1 Å². The molecule has 1 aromatic carbocycles. The van der Waals surface area contributed by atoms with Crippen molar-refractivity contribution in [3.8, 4) is 5.75 Å². The summed E-state index contributed by atoms with van der Waals surface area (Å²) in [4.78, 5) is 12.0. The normalized spacial score (nSPS) is 11.0. The maximum absolute atomic E-state index is 12.0. The molecule has 23 heavy (non-hydrogen) atoms. The average Bonchev–Trinajstić information content (AvgIpc) is 2.91. The Labute approximate surface area is 144 Å². The summed E-state index contributed by atoms with van der Waals surface area (Å²) in [5, 5.41) is 11.7. The molecule has 0 fully saturated rings. The number of para-hydroxylation sites is 1. The highest BCUT2D eigenvalue weighted by Gasteiger charge is 2.12. The number of ether oxygens (including phenoxy) is 1. The number of nitrogens with one attached hydrogen (secondary N) is 1. The van der Waals surface area contributed by atoms with Gasteiger partial charge >= 0.3 is 0 Å². The van der Waals surface area contributed by atoms with Gasteiger partial charge in [0, 0.05) is 5.25 Å². The van der Waals surface area contributed by atoms with Gasteiger partial charge in [-0.25, -0.2) is 0 Å². The number of benzene rings is 1. The van der Waals surface area contributed by atoms with Crippen LogP contribution in [0.4, 0.5) is 5.13 Å². The minimum atomic E-state index is -0.235. The van der Waals surface area contributed by atoms with Crippen LogP contribution in [-0.4, -0.2) is 28.0 Å². The Morgan fingerprint density at radius 2 is 2.00 bits per heavy atom. The monoisotopic (exact) mass is 351 g/mol. The van der Waals surface area contributed by atoms with Gasteiger partial charge in [0.05, 0.1) is 0 Å². The number of rotatable bonds is 7. The second-order valence-electron chi connectivity index (χ2n) is 5.57. The molecule has 7 heteroatoms. The summed E-state index contributed by atoms with van der Waals surface area (Å²) >= 11 is 3.00. The van der Waals surface area contributed by atoms with Crippen LogP contribution in [0.25, 0.3) is 0 Å². The van der Waals surface area contributed by atoms with Gasteiger partial charge in [-0.15, -0.1) is 10.2 Å². The third-order valence-corrected chi connectivity index (χ3v) is 4.82. The van der Waals surface area contributed by atoms with Gasteiger partial charge in [-0.3, -0.25) is 10.1 Å². The Kier molecular flexibility index (Phi) is 6.41. The summed E-state index contributed by atoms with van der Waals surface area (Å²) in [7, 11) is 0. The van der Waals surface area contributed by atoms with Gasteiger partial charge < -0.3 is 4.74 Å². The van der Waals surface area contributed by atoms with E-state index in [9.17, 15) is 4.79 Å². The van der Waals surface area contributed by atoms with Crippen molar-refractivity contribution < 1.29 is 9.53 Å². The van der Waals surface area contributed by atoms with Crippen LogP contribution < -0.4 is 10.1 Å². The fourth-order valence-electron chi connectivity index (χ4n) is 1.90. The van der Waals surface area contributed by atoms with Crippen LogP contribution in [0, 0.1) is 0 Å². The minimum Gasteiger partial charge on any atom is -0.483 e. The summed E-state index contributed by atoms with van der Waals surface area (Å²) in [6, 6.07) is 7.76. The first kappa shape index (κ1) is 17.7. The average molecular weight is 351 g/mol. The lowest BCUT2D eigenvalue weighted by atomic mass is 10.0. The molecule has 0 saturated heterocycles. The van der Waals surface area contributed by atoms with Crippen LogP contribution in [0.5, 0.6) is 5.75 Å². The third kappa shape index (κ3) is 5.51. The Bertz CT molecular complexity index is 656. The third-order valence-electron chi connectivity index (χ3n) is 2.89. The van der Waals surface area contributed by atoms with E-state index in [2.05, 4.69) is 43.2 Å². The zero-order valence-corrected chi connectivity index (χ0v) is 15.3. The molecule has 0 atom stereocenters. The molecule has 0 spiro atoms. The van der Waals surface area contributed by atoms with Crippen molar-refractivity contribution in [2.75, 3.05) is 11.9 Å². The van der Waals surface area contributed by atoms with E-state index >= 15 is 0 Å². The second kappa shape index (κ2) is 8.31. The molecule has 2 aromatic rings. The highest BCUT2D eigenvalue weighted by molar-refractivity contribution is 8.01. The number of anilines is 1. The molecule has 0 aliphatic heterocycles. The summed E-state index contributed by atoms with van der Waals surface area (Å²) < 4.78 is 6.49. The topological polar surface area (TPSA) is 64.1 Å². The van der Waals surface area contributed by atoms with Crippen LogP contribution in [0.1, 0.15) is 39.2 Å². The van der Waals surface area contributed by atoms with E-state index in [1.807, 2.05) is 24.3 Å². The van der Waals surface area contributed by atoms with Gasteiger partial charge in [-0.1, -0.05) is 69.0 Å². The minimum absolute atomic E-state index is 0.0457. The molecule has 0 bridgehead atoms. The molecule has 1 aromatic heterocycles. The lowest BCUT2D eigenvalue weighted by Gasteiger charge is -2.13. The van der Waals surface area contributed by atoms with Gasteiger partial charge in [-0.05, 0) is 17.5 Å². The van der Waals surface area contributed by atoms with Crippen molar-refractivity contribution in [3.63, 3.8) is 0 Å². The Hall–Kier alpha value is -1.60. The van der Waals surface area contributed by atoms with Gasteiger partial charge in [-0.2, -0.15) is 0 Å². The zero-order valence-electron chi connectivity index (χ0n) is 13.7.